The molecule has 1 aliphatic heterocycles. The minimum atomic E-state index is -0.381. The summed E-state index contributed by atoms with van der Waals surface area (Å²) in [6, 6.07) is 18.9. The zero-order valence-electron chi connectivity index (χ0n) is 18.8. The molecule has 0 bridgehead atoms. The van der Waals surface area contributed by atoms with Crippen molar-refractivity contribution in [3.05, 3.63) is 100 Å². The van der Waals surface area contributed by atoms with Gasteiger partial charge in [-0.2, -0.15) is 0 Å². The largest absolute Gasteiger partial charge is 0.497 e. The first-order chi connectivity index (χ1) is 15.9. The molecule has 0 atom stereocenters. The van der Waals surface area contributed by atoms with Gasteiger partial charge in [0.05, 0.1) is 12.7 Å². The lowest BCUT2D eigenvalue weighted by Gasteiger charge is -2.16. The van der Waals surface area contributed by atoms with Crippen LogP contribution in [0.4, 0.5) is 10.1 Å². The van der Waals surface area contributed by atoms with E-state index in [1.54, 1.807) is 43.5 Å². The molecule has 0 radical (unpaired) electrons. The Labute approximate surface area is 192 Å². The number of ether oxygens (including phenoxy) is 1. The maximum absolute atomic E-state index is 13.4. The first-order valence-corrected chi connectivity index (χ1v) is 10.7. The highest BCUT2D eigenvalue weighted by Crippen LogP contribution is 2.32. The third kappa shape index (κ3) is 4.51. The van der Waals surface area contributed by atoms with Crippen molar-refractivity contribution < 1.29 is 18.7 Å². The lowest BCUT2D eigenvalue weighted by Crippen LogP contribution is -2.34. The molecular formula is C27H25FN2O3. The van der Waals surface area contributed by atoms with Gasteiger partial charge in [0.15, 0.2) is 0 Å². The molecule has 4 rings (SSSR count). The van der Waals surface area contributed by atoms with E-state index in [4.69, 9.17) is 4.74 Å². The average Bonchev–Trinajstić information content (AvgIpc) is 3.05. The van der Waals surface area contributed by atoms with Crippen LogP contribution in [0.25, 0.3) is 5.57 Å². The van der Waals surface area contributed by atoms with Gasteiger partial charge < -0.3 is 10.1 Å². The second-order valence-electron chi connectivity index (χ2n) is 7.99. The van der Waals surface area contributed by atoms with Gasteiger partial charge in [0, 0.05) is 12.2 Å². The molecule has 0 unspecified atom stereocenters. The van der Waals surface area contributed by atoms with Gasteiger partial charge in [-0.3, -0.25) is 14.5 Å². The Morgan fingerprint density at radius 2 is 1.61 bits per heavy atom. The summed E-state index contributed by atoms with van der Waals surface area (Å²) in [7, 11) is 1.57. The van der Waals surface area contributed by atoms with E-state index in [1.807, 2.05) is 32.0 Å². The zero-order valence-corrected chi connectivity index (χ0v) is 18.8. The number of anilines is 1. The fourth-order valence-electron chi connectivity index (χ4n) is 3.83. The summed E-state index contributed by atoms with van der Waals surface area (Å²) in [6.45, 7) is 4.16. The number of benzene rings is 3. The highest BCUT2D eigenvalue weighted by atomic mass is 19.1. The van der Waals surface area contributed by atoms with E-state index in [9.17, 15) is 14.0 Å². The van der Waals surface area contributed by atoms with E-state index in [0.717, 1.165) is 22.4 Å². The van der Waals surface area contributed by atoms with Crippen LogP contribution in [0.5, 0.6) is 5.75 Å². The maximum Gasteiger partial charge on any atom is 0.278 e. The predicted molar refractivity (Wildman–Crippen MR) is 126 cm³/mol. The Bertz CT molecular complexity index is 1230. The molecular weight excluding hydrogens is 419 g/mol. The van der Waals surface area contributed by atoms with Crippen LogP contribution in [0.15, 0.2) is 72.4 Å². The number of hydrogen-bond donors (Lipinski definition) is 1. The van der Waals surface area contributed by atoms with Gasteiger partial charge in [-0.25, -0.2) is 4.39 Å². The van der Waals surface area contributed by atoms with Crippen molar-refractivity contribution >= 4 is 23.1 Å². The quantitative estimate of drug-likeness (QED) is 0.528. The number of amides is 2. The molecule has 3 aromatic rings. The van der Waals surface area contributed by atoms with Gasteiger partial charge >= 0.3 is 0 Å². The van der Waals surface area contributed by atoms with E-state index in [-0.39, 0.29) is 29.9 Å². The summed E-state index contributed by atoms with van der Waals surface area (Å²) in [5.74, 6) is -0.405. The van der Waals surface area contributed by atoms with Crippen LogP contribution in [-0.2, 0) is 16.0 Å². The Morgan fingerprint density at radius 1 is 0.909 bits per heavy atom. The van der Waals surface area contributed by atoms with Crippen LogP contribution in [0.1, 0.15) is 22.3 Å². The molecule has 0 aromatic heterocycles. The number of carbonyl (C=O) groups is 2. The highest BCUT2D eigenvalue weighted by molar-refractivity contribution is 6.36. The molecule has 5 nitrogen and oxygen atoms in total. The fourth-order valence-corrected chi connectivity index (χ4v) is 3.83. The van der Waals surface area contributed by atoms with Gasteiger partial charge in [0.2, 0.25) is 0 Å². The van der Waals surface area contributed by atoms with Crippen LogP contribution >= 0.6 is 0 Å². The van der Waals surface area contributed by atoms with E-state index in [2.05, 4.69) is 5.32 Å². The smallest absolute Gasteiger partial charge is 0.278 e. The van der Waals surface area contributed by atoms with Gasteiger partial charge in [-0.1, -0.05) is 36.4 Å². The van der Waals surface area contributed by atoms with Crippen LogP contribution in [-0.4, -0.2) is 30.4 Å². The predicted octanol–water partition coefficient (Wildman–Crippen LogP) is 4.89. The number of carbonyl (C=O) groups excluding carboxylic acids is 2. The molecule has 1 heterocycles. The number of imide groups is 1. The normalized spacial score (nSPS) is 13.6. The Balaban J connectivity index is 1.68. The number of rotatable bonds is 7. The number of halogens is 1. The topological polar surface area (TPSA) is 58.6 Å². The monoisotopic (exact) mass is 444 g/mol. The number of methoxy groups -OCH3 is 1. The summed E-state index contributed by atoms with van der Waals surface area (Å²) < 4.78 is 18.4. The minimum absolute atomic E-state index is 0.195. The zero-order chi connectivity index (χ0) is 23.5. The van der Waals surface area contributed by atoms with Crippen molar-refractivity contribution in [2.45, 2.75) is 20.3 Å². The van der Waals surface area contributed by atoms with E-state index >= 15 is 0 Å². The first kappa shape index (κ1) is 22.3. The molecule has 0 fully saturated rings. The second-order valence-corrected chi connectivity index (χ2v) is 7.99. The van der Waals surface area contributed by atoms with Gasteiger partial charge in [0.25, 0.3) is 11.8 Å². The fraction of sp³-hybridized carbons (Fsp3) is 0.185. The van der Waals surface area contributed by atoms with Gasteiger partial charge in [-0.05, 0) is 72.9 Å². The summed E-state index contributed by atoms with van der Waals surface area (Å²) in [5, 5.41) is 3.23. The summed E-state index contributed by atoms with van der Waals surface area (Å²) in [4.78, 5) is 28.1. The molecule has 6 heteroatoms. The lowest BCUT2D eigenvalue weighted by atomic mass is 10.0. The van der Waals surface area contributed by atoms with Crippen molar-refractivity contribution in [2.24, 2.45) is 0 Å². The molecule has 3 aromatic carbocycles. The van der Waals surface area contributed by atoms with Crippen molar-refractivity contribution in [1.29, 1.82) is 0 Å². The minimum Gasteiger partial charge on any atom is -0.497 e. The number of aryl methyl sites for hydroxylation is 1. The lowest BCUT2D eigenvalue weighted by molar-refractivity contribution is -0.136. The molecule has 0 saturated carbocycles. The highest BCUT2D eigenvalue weighted by Gasteiger charge is 2.39. The van der Waals surface area contributed by atoms with Gasteiger partial charge in [-0.15, -0.1) is 0 Å². The number of nitrogens with zero attached hydrogens (tertiary/aromatic N) is 1. The third-order valence-electron chi connectivity index (χ3n) is 5.95. The number of nitrogens with one attached hydrogen (secondary N) is 1. The Morgan fingerprint density at radius 3 is 2.27 bits per heavy atom. The molecule has 168 valence electrons. The van der Waals surface area contributed by atoms with Crippen molar-refractivity contribution in [1.82, 2.24) is 4.90 Å². The van der Waals surface area contributed by atoms with Gasteiger partial charge in [0.1, 0.15) is 17.3 Å². The first-order valence-electron chi connectivity index (χ1n) is 10.7. The standard InChI is InChI=1S/C27H25FN2O3/c1-17-5-4-6-23(18(17)2)29-25-24(20-9-13-22(33-3)14-10-20)26(31)30(27(25)32)16-15-19-7-11-21(28)12-8-19/h4-14,29H,15-16H2,1-3H3. The van der Waals surface area contributed by atoms with Crippen LogP contribution in [0, 0.1) is 19.7 Å². The van der Waals surface area contributed by atoms with Crippen LogP contribution in [0.3, 0.4) is 0 Å². The van der Waals surface area contributed by atoms with Crippen molar-refractivity contribution in [3.63, 3.8) is 0 Å². The number of hydrogen-bond acceptors (Lipinski definition) is 4. The van der Waals surface area contributed by atoms with Crippen molar-refractivity contribution in [2.75, 3.05) is 19.0 Å². The molecule has 0 saturated heterocycles. The Kier molecular flexibility index (Phi) is 6.27. The molecule has 1 N–H and O–H groups in total. The van der Waals surface area contributed by atoms with E-state index < -0.39 is 0 Å². The van der Waals surface area contributed by atoms with E-state index in [1.165, 1.54) is 17.0 Å². The maximum atomic E-state index is 13.4. The molecule has 2 amide bonds. The summed E-state index contributed by atoms with van der Waals surface area (Å²) in [6.07, 6.45) is 0.435. The Hall–Kier alpha value is -3.93. The van der Waals surface area contributed by atoms with Crippen LogP contribution < -0.4 is 10.1 Å². The second kappa shape index (κ2) is 9.28. The molecule has 0 spiro atoms. The van der Waals surface area contributed by atoms with Crippen molar-refractivity contribution in [3.8, 4) is 5.75 Å². The van der Waals surface area contributed by atoms with E-state index in [0.29, 0.717) is 23.3 Å². The molecule has 33 heavy (non-hydrogen) atoms. The third-order valence-corrected chi connectivity index (χ3v) is 5.95. The molecule has 1 aliphatic rings. The summed E-state index contributed by atoms with van der Waals surface area (Å²) >= 11 is 0. The molecule has 0 aliphatic carbocycles. The SMILES string of the molecule is COc1ccc(C2=C(Nc3cccc(C)c3C)C(=O)N(CCc3ccc(F)cc3)C2=O)cc1. The average molecular weight is 445 g/mol. The van der Waals surface area contributed by atoms with Crippen LogP contribution in [0.2, 0.25) is 0 Å². The summed E-state index contributed by atoms with van der Waals surface area (Å²) in [5.41, 5.74) is 4.91.